The lowest BCUT2D eigenvalue weighted by Gasteiger charge is -2.22. The summed E-state index contributed by atoms with van der Waals surface area (Å²) in [5.74, 6) is 1.14. The van der Waals surface area contributed by atoms with Crippen molar-refractivity contribution in [3.05, 3.63) is 22.2 Å². The smallest absolute Gasteiger partial charge is 0.252 e. The molecule has 1 unspecified atom stereocenters. The van der Waals surface area contributed by atoms with Crippen molar-refractivity contribution in [1.29, 1.82) is 5.26 Å². The fourth-order valence-electron chi connectivity index (χ4n) is 1.48. The van der Waals surface area contributed by atoms with E-state index < -0.39 is 0 Å². The standard InChI is InChI=1S/C11H16N4O/c1-4-15(7-8(2)6-12)10-5-11(16)14-9(3)13-10/h5,8H,4,7H2,1-3H3,(H,13,14,16). The van der Waals surface area contributed by atoms with Crippen LogP contribution in [0.25, 0.3) is 0 Å². The largest absolute Gasteiger partial charge is 0.355 e. The van der Waals surface area contributed by atoms with Gasteiger partial charge in [-0.05, 0) is 20.8 Å². The van der Waals surface area contributed by atoms with Gasteiger partial charge in [0.25, 0.3) is 5.56 Å². The molecule has 16 heavy (non-hydrogen) atoms. The van der Waals surface area contributed by atoms with Gasteiger partial charge < -0.3 is 9.88 Å². The average Bonchev–Trinajstić information content (AvgIpc) is 2.24. The van der Waals surface area contributed by atoms with Gasteiger partial charge in [-0.3, -0.25) is 4.79 Å². The van der Waals surface area contributed by atoms with Crippen LogP contribution in [0, 0.1) is 24.2 Å². The van der Waals surface area contributed by atoms with E-state index in [1.807, 2.05) is 18.7 Å². The molecule has 1 rings (SSSR count). The highest BCUT2D eigenvalue weighted by atomic mass is 16.1. The molecule has 0 aliphatic rings. The summed E-state index contributed by atoms with van der Waals surface area (Å²) in [4.78, 5) is 20.1. The van der Waals surface area contributed by atoms with Crippen LogP contribution in [0.15, 0.2) is 10.9 Å². The van der Waals surface area contributed by atoms with E-state index >= 15 is 0 Å². The fraction of sp³-hybridized carbons (Fsp3) is 0.545. The average molecular weight is 220 g/mol. The van der Waals surface area contributed by atoms with Crippen molar-refractivity contribution in [3.8, 4) is 6.07 Å². The third-order valence-electron chi connectivity index (χ3n) is 2.27. The maximum absolute atomic E-state index is 11.3. The van der Waals surface area contributed by atoms with Crippen LogP contribution >= 0.6 is 0 Å². The zero-order valence-corrected chi connectivity index (χ0v) is 9.82. The lowest BCUT2D eigenvalue weighted by atomic mass is 10.2. The molecule has 1 N–H and O–H groups in total. The summed E-state index contributed by atoms with van der Waals surface area (Å²) >= 11 is 0. The first-order valence-corrected chi connectivity index (χ1v) is 5.29. The quantitative estimate of drug-likeness (QED) is 0.823. The van der Waals surface area contributed by atoms with Crippen LogP contribution < -0.4 is 10.5 Å². The number of anilines is 1. The molecule has 0 saturated carbocycles. The topological polar surface area (TPSA) is 72.8 Å². The number of hydrogen-bond acceptors (Lipinski definition) is 4. The van der Waals surface area contributed by atoms with Gasteiger partial charge in [0.1, 0.15) is 11.6 Å². The number of rotatable bonds is 4. The molecule has 1 aromatic heterocycles. The number of aromatic nitrogens is 2. The van der Waals surface area contributed by atoms with E-state index in [1.54, 1.807) is 6.92 Å². The van der Waals surface area contributed by atoms with Crippen LogP contribution in [0.5, 0.6) is 0 Å². The van der Waals surface area contributed by atoms with Crippen molar-refractivity contribution >= 4 is 5.82 Å². The molecule has 1 heterocycles. The summed E-state index contributed by atoms with van der Waals surface area (Å²) in [7, 11) is 0. The molecule has 5 nitrogen and oxygen atoms in total. The van der Waals surface area contributed by atoms with Crippen LogP contribution in [-0.4, -0.2) is 23.1 Å². The Kier molecular flexibility index (Phi) is 4.06. The Hall–Kier alpha value is -1.83. The van der Waals surface area contributed by atoms with E-state index in [0.717, 1.165) is 6.54 Å². The first-order valence-electron chi connectivity index (χ1n) is 5.29. The van der Waals surface area contributed by atoms with Gasteiger partial charge in [-0.15, -0.1) is 0 Å². The number of H-pyrrole nitrogens is 1. The Morgan fingerprint density at radius 2 is 2.38 bits per heavy atom. The molecule has 5 heteroatoms. The lowest BCUT2D eigenvalue weighted by Crippen LogP contribution is -2.30. The highest BCUT2D eigenvalue weighted by Crippen LogP contribution is 2.09. The van der Waals surface area contributed by atoms with E-state index in [2.05, 4.69) is 16.0 Å². The molecule has 0 spiro atoms. The van der Waals surface area contributed by atoms with Gasteiger partial charge in [-0.2, -0.15) is 5.26 Å². The number of nitriles is 1. The predicted molar refractivity (Wildman–Crippen MR) is 62.3 cm³/mol. The second-order valence-corrected chi connectivity index (χ2v) is 3.76. The van der Waals surface area contributed by atoms with Crippen LogP contribution in [0.2, 0.25) is 0 Å². The molecule has 0 aromatic carbocycles. The summed E-state index contributed by atoms with van der Waals surface area (Å²) in [5.41, 5.74) is -0.162. The highest BCUT2D eigenvalue weighted by molar-refractivity contribution is 5.37. The molecule has 0 bridgehead atoms. The van der Waals surface area contributed by atoms with E-state index in [0.29, 0.717) is 18.2 Å². The minimum atomic E-state index is -0.162. The summed E-state index contributed by atoms with van der Waals surface area (Å²) < 4.78 is 0. The Labute approximate surface area is 94.7 Å². The first-order chi connectivity index (χ1) is 7.56. The third kappa shape index (κ3) is 3.09. The van der Waals surface area contributed by atoms with Crippen LogP contribution in [-0.2, 0) is 0 Å². The van der Waals surface area contributed by atoms with Gasteiger partial charge in [0, 0.05) is 19.2 Å². The Morgan fingerprint density at radius 3 is 2.88 bits per heavy atom. The van der Waals surface area contributed by atoms with Crippen molar-refractivity contribution in [1.82, 2.24) is 9.97 Å². The second kappa shape index (κ2) is 5.31. The van der Waals surface area contributed by atoms with Crippen LogP contribution in [0.4, 0.5) is 5.82 Å². The van der Waals surface area contributed by atoms with Gasteiger partial charge in [0.2, 0.25) is 0 Å². The maximum atomic E-state index is 11.3. The van der Waals surface area contributed by atoms with Crippen LogP contribution in [0.3, 0.4) is 0 Å². The molecule has 0 fully saturated rings. The van der Waals surface area contributed by atoms with E-state index in [1.165, 1.54) is 6.07 Å². The van der Waals surface area contributed by atoms with Crippen molar-refractivity contribution in [3.63, 3.8) is 0 Å². The lowest BCUT2D eigenvalue weighted by molar-refractivity contribution is 0.676. The normalized spacial score (nSPS) is 11.9. The van der Waals surface area contributed by atoms with Crippen molar-refractivity contribution in [2.75, 3.05) is 18.0 Å². The first kappa shape index (κ1) is 12.2. The fourth-order valence-corrected chi connectivity index (χ4v) is 1.48. The third-order valence-corrected chi connectivity index (χ3v) is 2.27. The predicted octanol–water partition coefficient (Wildman–Crippen LogP) is 1.06. The number of aryl methyl sites for hydroxylation is 1. The van der Waals surface area contributed by atoms with Gasteiger partial charge >= 0.3 is 0 Å². The van der Waals surface area contributed by atoms with Crippen molar-refractivity contribution in [2.45, 2.75) is 20.8 Å². The summed E-state index contributed by atoms with van der Waals surface area (Å²) in [6, 6.07) is 3.63. The Bertz CT molecular complexity index is 446. The summed E-state index contributed by atoms with van der Waals surface area (Å²) in [6.45, 7) is 6.88. The SMILES string of the molecule is CCN(CC(C)C#N)c1cc(=O)[nH]c(C)n1. The molecule has 0 saturated heterocycles. The molecule has 86 valence electrons. The molecule has 0 aliphatic heterocycles. The molecule has 0 amide bonds. The van der Waals surface area contributed by atoms with E-state index in [4.69, 9.17) is 5.26 Å². The number of nitrogens with one attached hydrogen (secondary N) is 1. The summed E-state index contributed by atoms with van der Waals surface area (Å²) in [5, 5.41) is 8.77. The van der Waals surface area contributed by atoms with Crippen LogP contribution in [0.1, 0.15) is 19.7 Å². The number of hydrogen-bond donors (Lipinski definition) is 1. The monoisotopic (exact) mass is 220 g/mol. The Balaban J connectivity index is 2.95. The van der Waals surface area contributed by atoms with Crippen molar-refractivity contribution in [2.24, 2.45) is 5.92 Å². The number of nitrogens with zero attached hydrogens (tertiary/aromatic N) is 3. The molecule has 0 radical (unpaired) electrons. The maximum Gasteiger partial charge on any atom is 0.252 e. The van der Waals surface area contributed by atoms with E-state index in [9.17, 15) is 4.79 Å². The molecule has 1 aromatic rings. The Morgan fingerprint density at radius 1 is 1.69 bits per heavy atom. The summed E-state index contributed by atoms with van der Waals surface area (Å²) in [6.07, 6.45) is 0. The van der Waals surface area contributed by atoms with Gasteiger partial charge in [0.15, 0.2) is 0 Å². The highest BCUT2D eigenvalue weighted by Gasteiger charge is 2.11. The van der Waals surface area contributed by atoms with E-state index in [-0.39, 0.29) is 11.5 Å². The minimum absolute atomic E-state index is 0.0821. The number of aromatic amines is 1. The van der Waals surface area contributed by atoms with Gasteiger partial charge in [-0.1, -0.05) is 0 Å². The van der Waals surface area contributed by atoms with Gasteiger partial charge in [-0.25, -0.2) is 4.98 Å². The second-order valence-electron chi connectivity index (χ2n) is 3.76. The molecular weight excluding hydrogens is 204 g/mol. The zero-order chi connectivity index (χ0) is 12.1. The van der Waals surface area contributed by atoms with Crippen molar-refractivity contribution < 1.29 is 0 Å². The molecule has 0 aliphatic carbocycles. The minimum Gasteiger partial charge on any atom is -0.355 e. The molecule has 1 atom stereocenters. The zero-order valence-electron chi connectivity index (χ0n) is 9.82. The van der Waals surface area contributed by atoms with Gasteiger partial charge in [0.05, 0.1) is 12.0 Å². The molecular formula is C11H16N4O.